The summed E-state index contributed by atoms with van der Waals surface area (Å²) in [4.78, 5) is 0.276. The number of hydrogen-bond acceptors (Lipinski definition) is 3. The molecule has 0 fully saturated rings. The minimum absolute atomic E-state index is 0.0899. The van der Waals surface area contributed by atoms with Gasteiger partial charge >= 0.3 is 0 Å². The van der Waals surface area contributed by atoms with Crippen LogP contribution in [0.5, 0.6) is 5.75 Å². The standard InChI is InChI=1S/C14H23NO3S/c1-6-18-13-8-7-12(9-11(13)2)19(16,17)15-10-14(3,4)5/h7-9,15H,6,10H2,1-5H3. The zero-order chi connectivity index (χ0) is 14.7. The highest BCUT2D eigenvalue weighted by Gasteiger charge is 2.19. The van der Waals surface area contributed by atoms with Gasteiger partial charge in [-0.2, -0.15) is 0 Å². The summed E-state index contributed by atoms with van der Waals surface area (Å²) < 4.78 is 32.3. The highest BCUT2D eigenvalue weighted by Crippen LogP contribution is 2.22. The Bertz CT molecular complexity index is 530. The number of hydrogen-bond donors (Lipinski definition) is 1. The second-order valence-corrected chi connectivity index (χ2v) is 7.51. The molecule has 0 heterocycles. The fourth-order valence-corrected chi connectivity index (χ4v) is 2.87. The van der Waals surface area contributed by atoms with Crippen LogP contribution in [-0.4, -0.2) is 21.6 Å². The van der Waals surface area contributed by atoms with Crippen molar-refractivity contribution in [2.24, 2.45) is 5.41 Å². The van der Waals surface area contributed by atoms with E-state index < -0.39 is 10.0 Å². The van der Waals surface area contributed by atoms with Crippen molar-refractivity contribution in [1.29, 1.82) is 0 Å². The Balaban J connectivity index is 2.93. The maximum absolute atomic E-state index is 12.1. The van der Waals surface area contributed by atoms with Crippen LogP contribution in [0.15, 0.2) is 23.1 Å². The van der Waals surface area contributed by atoms with Crippen LogP contribution < -0.4 is 9.46 Å². The van der Waals surface area contributed by atoms with Crippen LogP contribution in [0, 0.1) is 12.3 Å². The van der Waals surface area contributed by atoms with Gasteiger partial charge in [0.15, 0.2) is 0 Å². The average Bonchev–Trinajstić information content (AvgIpc) is 2.29. The van der Waals surface area contributed by atoms with E-state index in [4.69, 9.17) is 4.74 Å². The molecule has 0 aliphatic rings. The number of rotatable bonds is 5. The van der Waals surface area contributed by atoms with Gasteiger partial charge in [0.1, 0.15) is 5.75 Å². The molecule has 0 radical (unpaired) electrons. The monoisotopic (exact) mass is 285 g/mol. The molecule has 0 saturated heterocycles. The van der Waals surface area contributed by atoms with Crippen molar-refractivity contribution in [3.05, 3.63) is 23.8 Å². The molecule has 0 aliphatic heterocycles. The molecule has 0 aliphatic carbocycles. The largest absolute Gasteiger partial charge is 0.494 e. The van der Waals surface area contributed by atoms with E-state index in [1.807, 2.05) is 34.6 Å². The first-order chi connectivity index (χ1) is 8.65. The topological polar surface area (TPSA) is 55.4 Å². The molecule has 0 amide bonds. The lowest BCUT2D eigenvalue weighted by Crippen LogP contribution is -2.32. The maximum atomic E-state index is 12.1. The van der Waals surface area contributed by atoms with Gasteiger partial charge < -0.3 is 4.74 Å². The Morgan fingerprint density at radius 1 is 1.26 bits per heavy atom. The molecular formula is C14H23NO3S. The number of sulfonamides is 1. The van der Waals surface area contributed by atoms with E-state index in [1.54, 1.807) is 18.2 Å². The van der Waals surface area contributed by atoms with Gasteiger partial charge in [-0.3, -0.25) is 0 Å². The molecule has 1 aromatic rings. The molecular weight excluding hydrogens is 262 g/mol. The van der Waals surface area contributed by atoms with Crippen LogP contribution in [0.2, 0.25) is 0 Å². The zero-order valence-corrected chi connectivity index (χ0v) is 13.1. The quantitative estimate of drug-likeness (QED) is 0.905. The summed E-state index contributed by atoms with van der Waals surface area (Å²) >= 11 is 0. The zero-order valence-electron chi connectivity index (χ0n) is 12.3. The molecule has 1 N–H and O–H groups in total. The van der Waals surface area contributed by atoms with Gasteiger partial charge in [-0.05, 0) is 43.0 Å². The minimum atomic E-state index is -3.45. The second kappa shape index (κ2) is 5.92. The molecule has 1 aromatic carbocycles. The second-order valence-electron chi connectivity index (χ2n) is 5.75. The van der Waals surface area contributed by atoms with Crippen LogP contribution in [0.3, 0.4) is 0 Å². The first-order valence-corrected chi connectivity index (χ1v) is 7.87. The average molecular weight is 285 g/mol. The Labute approximate surface area is 116 Å². The summed E-state index contributed by atoms with van der Waals surface area (Å²) in [6, 6.07) is 4.91. The first-order valence-electron chi connectivity index (χ1n) is 6.39. The third-order valence-electron chi connectivity index (χ3n) is 2.55. The predicted molar refractivity (Wildman–Crippen MR) is 77.0 cm³/mol. The van der Waals surface area contributed by atoms with Crippen LogP contribution in [0.1, 0.15) is 33.3 Å². The third-order valence-corrected chi connectivity index (χ3v) is 3.95. The van der Waals surface area contributed by atoms with Crippen molar-refractivity contribution >= 4 is 10.0 Å². The summed E-state index contributed by atoms with van der Waals surface area (Å²) in [5.41, 5.74) is 0.730. The van der Waals surface area contributed by atoms with E-state index in [0.29, 0.717) is 13.2 Å². The number of aryl methyl sites for hydroxylation is 1. The van der Waals surface area contributed by atoms with Crippen LogP contribution in [0.4, 0.5) is 0 Å². The molecule has 108 valence electrons. The Kier molecular flexibility index (Phi) is 4.98. The minimum Gasteiger partial charge on any atom is -0.494 e. The molecule has 0 saturated carbocycles. The van der Waals surface area contributed by atoms with Crippen molar-refractivity contribution in [2.75, 3.05) is 13.2 Å². The van der Waals surface area contributed by atoms with Gasteiger partial charge in [0.25, 0.3) is 0 Å². The van der Waals surface area contributed by atoms with Crippen molar-refractivity contribution in [3.63, 3.8) is 0 Å². The summed E-state index contributed by atoms with van der Waals surface area (Å²) in [5, 5.41) is 0. The highest BCUT2D eigenvalue weighted by molar-refractivity contribution is 7.89. The Morgan fingerprint density at radius 3 is 2.37 bits per heavy atom. The van der Waals surface area contributed by atoms with E-state index in [9.17, 15) is 8.42 Å². The molecule has 0 unspecified atom stereocenters. The predicted octanol–water partition coefficient (Wildman–Crippen LogP) is 2.72. The lowest BCUT2D eigenvalue weighted by atomic mass is 9.98. The lowest BCUT2D eigenvalue weighted by molar-refractivity contribution is 0.337. The Morgan fingerprint density at radius 2 is 1.89 bits per heavy atom. The maximum Gasteiger partial charge on any atom is 0.240 e. The molecule has 4 nitrogen and oxygen atoms in total. The van der Waals surface area contributed by atoms with Gasteiger partial charge in [-0.25, -0.2) is 13.1 Å². The molecule has 1 rings (SSSR count). The van der Waals surface area contributed by atoms with E-state index in [2.05, 4.69) is 4.72 Å². The summed E-state index contributed by atoms with van der Waals surface area (Å²) in [7, 11) is -3.45. The molecule has 5 heteroatoms. The van der Waals surface area contributed by atoms with Crippen molar-refractivity contribution in [3.8, 4) is 5.75 Å². The van der Waals surface area contributed by atoms with Crippen LogP contribution in [-0.2, 0) is 10.0 Å². The van der Waals surface area contributed by atoms with Gasteiger partial charge in [0, 0.05) is 6.54 Å². The summed E-state index contributed by atoms with van der Waals surface area (Å²) in [6.45, 7) is 10.7. The van der Waals surface area contributed by atoms with Gasteiger partial charge in [-0.15, -0.1) is 0 Å². The number of benzene rings is 1. The molecule has 0 spiro atoms. The van der Waals surface area contributed by atoms with E-state index >= 15 is 0 Å². The Hall–Kier alpha value is -1.07. The third kappa shape index (κ3) is 4.84. The van der Waals surface area contributed by atoms with Gasteiger partial charge in [0.2, 0.25) is 10.0 Å². The van der Waals surface area contributed by atoms with E-state index in [1.165, 1.54) is 0 Å². The van der Waals surface area contributed by atoms with Crippen molar-refractivity contribution in [1.82, 2.24) is 4.72 Å². The van der Waals surface area contributed by atoms with Crippen LogP contribution in [0.25, 0.3) is 0 Å². The van der Waals surface area contributed by atoms with E-state index in [0.717, 1.165) is 11.3 Å². The first kappa shape index (κ1) is 16.0. The number of ether oxygens (including phenoxy) is 1. The molecule has 0 atom stereocenters. The fraction of sp³-hybridized carbons (Fsp3) is 0.571. The highest BCUT2D eigenvalue weighted by atomic mass is 32.2. The molecule has 19 heavy (non-hydrogen) atoms. The molecule has 0 bridgehead atoms. The van der Waals surface area contributed by atoms with E-state index in [-0.39, 0.29) is 10.3 Å². The van der Waals surface area contributed by atoms with Gasteiger partial charge in [0.05, 0.1) is 11.5 Å². The number of nitrogens with one attached hydrogen (secondary N) is 1. The molecule has 0 aromatic heterocycles. The summed E-state index contributed by atoms with van der Waals surface area (Å²) in [5.74, 6) is 0.720. The lowest BCUT2D eigenvalue weighted by Gasteiger charge is -2.19. The van der Waals surface area contributed by atoms with Crippen molar-refractivity contribution < 1.29 is 13.2 Å². The SMILES string of the molecule is CCOc1ccc(S(=O)(=O)NCC(C)(C)C)cc1C. The smallest absolute Gasteiger partial charge is 0.240 e. The van der Waals surface area contributed by atoms with Crippen LogP contribution >= 0.6 is 0 Å². The fourth-order valence-electron chi connectivity index (χ4n) is 1.50. The normalized spacial score (nSPS) is 12.5. The van der Waals surface area contributed by atoms with Gasteiger partial charge in [-0.1, -0.05) is 20.8 Å². The van der Waals surface area contributed by atoms with Crippen molar-refractivity contribution in [2.45, 2.75) is 39.5 Å². The summed E-state index contributed by atoms with van der Waals surface area (Å²) in [6.07, 6.45) is 0.